The molecule has 1 aromatic heterocycles. The average Bonchev–Trinajstić information content (AvgIpc) is 3.01. The van der Waals surface area contributed by atoms with Gasteiger partial charge in [-0.05, 0) is 60.7 Å². The molecule has 3 N–H and O–H groups in total. The summed E-state index contributed by atoms with van der Waals surface area (Å²) in [4.78, 5) is 1.33. The molecule has 0 saturated heterocycles. The Kier molecular flexibility index (Phi) is 4.38. The van der Waals surface area contributed by atoms with Crippen LogP contribution >= 0.6 is 11.3 Å². The molecule has 0 unspecified atom stereocenters. The first-order valence-electron chi connectivity index (χ1n) is 7.44. The zero-order chi connectivity index (χ0) is 13.8. The maximum absolute atomic E-state index is 5.95. The van der Waals surface area contributed by atoms with E-state index >= 15 is 0 Å². The lowest BCUT2D eigenvalue weighted by Crippen LogP contribution is -2.29. The Morgan fingerprint density at radius 1 is 1.05 bits per heavy atom. The highest BCUT2D eigenvalue weighted by Crippen LogP contribution is 2.27. The lowest BCUT2D eigenvalue weighted by molar-refractivity contribution is 0.339. The van der Waals surface area contributed by atoms with E-state index in [4.69, 9.17) is 5.73 Å². The number of nitrogens with one attached hydrogen (secondary N) is 1. The third-order valence-electron chi connectivity index (χ3n) is 4.18. The van der Waals surface area contributed by atoms with Gasteiger partial charge in [0, 0.05) is 23.2 Å². The lowest BCUT2D eigenvalue weighted by Gasteiger charge is -2.26. The number of rotatable bonds is 4. The Bertz CT molecular complexity index is 510. The predicted octanol–water partition coefficient (Wildman–Crippen LogP) is 4.34. The van der Waals surface area contributed by atoms with Crippen molar-refractivity contribution in [3.8, 4) is 10.4 Å². The number of hydrogen-bond acceptors (Lipinski definition) is 3. The molecule has 0 atom stereocenters. The van der Waals surface area contributed by atoms with Gasteiger partial charge in [-0.15, -0.1) is 11.3 Å². The van der Waals surface area contributed by atoms with Gasteiger partial charge < -0.3 is 11.1 Å². The van der Waals surface area contributed by atoms with Gasteiger partial charge in [-0.3, -0.25) is 0 Å². The van der Waals surface area contributed by atoms with Crippen molar-refractivity contribution in [2.75, 3.05) is 11.9 Å². The van der Waals surface area contributed by atoms with Gasteiger partial charge in [-0.1, -0.05) is 18.2 Å². The quantitative estimate of drug-likeness (QED) is 0.877. The fourth-order valence-electron chi connectivity index (χ4n) is 2.85. The monoisotopic (exact) mass is 286 g/mol. The minimum Gasteiger partial charge on any atom is -0.385 e. The van der Waals surface area contributed by atoms with Gasteiger partial charge in [0.15, 0.2) is 0 Å². The molecular formula is C17H22N2S. The minimum absolute atomic E-state index is 0.441. The Hall–Kier alpha value is -1.32. The first-order chi connectivity index (χ1) is 9.81. The molecule has 1 aromatic carbocycles. The molecule has 0 amide bonds. The molecule has 1 heterocycles. The van der Waals surface area contributed by atoms with Crippen LogP contribution in [0.5, 0.6) is 0 Å². The average molecular weight is 286 g/mol. The van der Waals surface area contributed by atoms with Crippen LogP contribution in [0.15, 0.2) is 41.8 Å². The molecule has 0 bridgehead atoms. The Labute approximate surface area is 125 Å². The minimum atomic E-state index is 0.441. The van der Waals surface area contributed by atoms with E-state index in [0.29, 0.717) is 6.04 Å². The summed E-state index contributed by atoms with van der Waals surface area (Å²) in [6.07, 6.45) is 4.90. The Balaban J connectivity index is 1.53. The summed E-state index contributed by atoms with van der Waals surface area (Å²) in [6.45, 7) is 1.07. The molecular weight excluding hydrogens is 264 g/mol. The molecule has 1 aliphatic carbocycles. The van der Waals surface area contributed by atoms with Gasteiger partial charge in [-0.2, -0.15) is 0 Å². The lowest BCUT2D eigenvalue weighted by atomic mass is 9.86. The van der Waals surface area contributed by atoms with E-state index in [-0.39, 0.29) is 0 Å². The zero-order valence-corrected chi connectivity index (χ0v) is 12.5. The number of hydrogen-bond donors (Lipinski definition) is 2. The molecule has 1 aliphatic rings. The van der Waals surface area contributed by atoms with Crippen LogP contribution in [0.4, 0.5) is 5.69 Å². The van der Waals surface area contributed by atoms with Gasteiger partial charge >= 0.3 is 0 Å². The zero-order valence-electron chi connectivity index (χ0n) is 11.7. The van der Waals surface area contributed by atoms with E-state index in [1.807, 2.05) is 0 Å². The maximum Gasteiger partial charge on any atom is 0.0342 e. The fraction of sp³-hybridized carbons (Fsp3) is 0.412. The molecule has 0 aliphatic heterocycles. The summed E-state index contributed by atoms with van der Waals surface area (Å²) in [5.41, 5.74) is 8.47. The van der Waals surface area contributed by atoms with Gasteiger partial charge in [0.05, 0.1) is 0 Å². The van der Waals surface area contributed by atoms with E-state index in [1.165, 1.54) is 41.8 Å². The fourth-order valence-corrected chi connectivity index (χ4v) is 3.58. The van der Waals surface area contributed by atoms with Gasteiger partial charge in [0.1, 0.15) is 0 Å². The second-order valence-electron chi connectivity index (χ2n) is 5.72. The van der Waals surface area contributed by atoms with E-state index in [9.17, 15) is 0 Å². The standard InChI is InChI=1S/C17H22N2S/c18-15-7-3-13(4-8-15)12-19-16-9-5-14(6-10-16)17-2-1-11-20-17/h1-2,5-6,9-11,13,15,19H,3-4,7-8,12,18H2/t13-,15-. The van der Waals surface area contributed by atoms with Crippen molar-refractivity contribution in [1.82, 2.24) is 0 Å². The largest absolute Gasteiger partial charge is 0.385 e. The van der Waals surface area contributed by atoms with Crippen molar-refractivity contribution in [1.29, 1.82) is 0 Å². The van der Waals surface area contributed by atoms with Crippen molar-refractivity contribution in [3.05, 3.63) is 41.8 Å². The Morgan fingerprint density at radius 3 is 2.45 bits per heavy atom. The summed E-state index contributed by atoms with van der Waals surface area (Å²) < 4.78 is 0. The molecule has 1 saturated carbocycles. The topological polar surface area (TPSA) is 38.0 Å². The molecule has 106 valence electrons. The number of benzene rings is 1. The van der Waals surface area contributed by atoms with Crippen molar-refractivity contribution < 1.29 is 0 Å². The first kappa shape index (κ1) is 13.7. The molecule has 0 radical (unpaired) electrons. The van der Waals surface area contributed by atoms with Crippen LogP contribution in [-0.2, 0) is 0 Å². The predicted molar refractivity (Wildman–Crippen MR) is 88.2 cm³/mol. The van der Waals surface area contributed by atoms with Crippen molar-refractivity contribution in [2.24, 2.45) is 11.7 Å². The first-order valence-corrected chi connectivity index (χ1v) is 8.32. The Morgan fingerprint density at radius 2 is 1.80 bits per heavy atom. The molecule has 2 aromatic rings. The smallest absolute Gasteiger partial charge is 0.0342 e. The molecule has 1 fully saturated rings. The summed E-state index contributed by atoms with van der Waals surface area (Å²) in [5.74, 6) is 0.784. The molecule has 20 heavy (non-hydrogen) atoms. The molecule has 0 spiro atoms. The second-order valence-corrected chi connectivity index (χ2v) is 6.66. The highest BCUT2D eigenvalue weighted by Gasteiger charge is 2.17. The van der Waals surface area contributed by atoms with Crippen LogP contribution in [0, 0.1) is 5.92 Å². The van der Waals surface area contributed by atoms with Crippen LogP contribution in [-0.4, -0.2) is 12.6 Å². The molecule has 3 rings (SSSR count). The second kappa shape index (κ2) is 6.42. The third-order valence-corrected chi connectivity index (χ3v) is 5.10. The number of nitrogens with two attached hydrogens (primary N) is 1. The van der Waals surface area contributed by atoms with Gasteiger partial charge in [0.25, 0.3) is 0 Å². The highest BCUT2D eigenvalue weighted by atomic mass is 32.1. The maximum atomic E-state index is 5.95. The van der Waals surface area contributed by atoms with Crippen LogP contribution < -0.4 is 11.1 Å². The van der Waals surface area contributed by atoms with Gasteiger partial charge in [0.2, 0.25) is 0 Å². The van der Waals surface area contributed by atoms with Gasteiger partial charge in [-0.25, -0.2) is 0 Å². The van der Waals surface area contributed by atoms with E-state index in [0.717, 1.165) is 12.5 Å². The van der Waals surface area contributed by atoms with Crippen molar-refractivity contribution in [3.63, 3.8) is 0 Å². The summed E-state index contributed by atoms with van der Waals surface area (Å²) >= 11 is 1.79. The molecule has 2 nitrogen and oxygen atoms in total. The molecule has 3 heteroatoms. The van der Waals surface area contributed by atoms with E-state index in [1.54, 1.807) is 11.3 Å². The highest BCUT2D eigenvalue weighted by molar-refractivity contribution is 7.13. The van der Waals surface area contributed by atoms with Crippen LogP contribution in [0.2, 0.25) is 0 Å². The van der Waals surface area contributed by atoms with E-state index < -0.39 is 0 Å². The number of anilines is 1. The number of thiophene rings is 1. The summed E-state index contributed by atoms with van der Waals surface area (Å²) in [7, 11) is 0. The third kappa shape index (κ3) is 3.41. The van der Waals surface area contributed by atoms with Crippen LogP contribution in [0.3, 0.4) is 0 Å². The van der Waals surface area contributed by atoms with E-state index in [2.05, 4.69) is 47.1 Å². The summed E-state index contributed by atoms with van der Waals surface area (Å²) in [6, 6.07) is 13.5. The summed E-state index contributed by atoms with van der Waals surface area (Å²) in [5, 5.41) is 5.68. The van der Waals surface area contributed by atoms with Crippen LogP contribution in [0.25, 0.3) is 10.4 Å². The SMILES string of the molecule is N[C@H]1CC[C@H](CNc2ccc(-c3cccs3)cc2)CC1. The van der Waals surface area contributed by atoms with Crippen molar-refractivity contribution in [2.45, 2.75) is 31.7 Å². The van der Waals surface area contributed by atoms with Crippen LogP contribution in [0.1, 0.15) is 25.7 Å². The normalized spacial score (nSPS) is 22.6. The van der Waals surface area contributed by atoms with Crippen molar-refractivity contribution >= 4 is 17.0 Å².